The molecule has 0 aliphatic carbocycles. The van der Waals surface area contributed by atoms with E-state index in [1.165, 1.54) is 6.92 Å². The first kappa shape index (κ1) is 13.8. The number of nitrogens with zero attached hydrogens (tertiary/aromatic N) is 2. The van der Waals surface area contributed by atoms with Crippen LogP contribution in [0, 0.1) is 20.2 Å². The molecule has 0 saturated carbocycles. The predicted octanol–water partition coefficient (Wildman–Crippen LogP) is 2.33. The summed E-state index contributed by atoms with van der Waals surface area (Å²) in [5, 5.41) is 20.8. The van der Waals surface area contributed by atoms with Crippen LogP contribution in [-0.4, -0.2) is 22.4 Å². The maximum atomic E-state index is 11.5. The van der Waals surface area contributed by atoms with Crippen LogP contribution in [0.4, 0.5) is 11.4 Å². The van der Waals surface area contributed by atoms with Gasteiger partial charge >= 0.3 is 5.97 Å². The van der Waals surface area contributed by atoms with Gasteiger partial charge in [-0.3, -0.25) is 20.2 Å². The van der Waals surface area contributed by atoms with Gasteiger partial charge in [0.1, 0.15) is 5.02 Å². The molecule has 8 nitrogen and oxygen atoms in total. The molecule has 0 aromatic heterocycles. The van der Waals surface area contributed by atoms with Crippen LogP contribution >= 0.6 is 11.6 Å². The lowest BCUT2D eigenvalue weighted by Crippen LogP contribution is -2.07. The molecule has 0 radical (unpaired) electrons. The molecule has 1 aromatic rings. The van der Waals surface area contributed by atoms with Crippen LogP contribution in [0.1, 0.15) is 17.3 Å². The fraction of sp³-hybridized carbons (Fsp3) is 0.222. The van der Waals surface area contributed by atoms with Gasteiger partial charge in [0.05, 0.1) is 28.1 Å². The van der Waals surface area contributed by atoms with Crippen LogP contribution in [-0.2, 0) is 4.74 Å². The number of hydrogen-bond acceptors (Lipinski definition) is 6. The number of non-ortho nitro benzene ring substituents is 1. The molecule has 18 heavy (non-hydrogen) atoms. The average molecular weight is 275 g/mol. The fourth-order valence-electron chi connectivity index (χ4n) is 1.19. The Morgan fingerprint density at radius 2 is 1.94 bits per heavy atom. The maximum Gasteiger partial charge on any atom is 0.340 e. The van der Waals surface area contributed by atoms with Crippen molar-refractivity contribution in [2.24, 2.45) is 0 Å². The Bertz CT molecular complexity index is 530. The van der Waals surface area contributed by atoms with Crippen molar-refractivity contribution in [1.82, 2.24) is 0 Å². The van der Waals surface area contributed by atoms with E-state index in [-0.39, 0.29) is 6.61 Å². The second-order valence-corrected chi connectivity index (χ2v) is 3.44. The van der Waals surface area contributed by atoms with Crippen molar-refractivity contribution in [3.05, 3.63) is 42.9 Å². The van der Waals surface area contributed by atoms with Crippen LogP contribution in [0.2, 0.25) is 5.02 Å². The largest absolute Gasteiger partial charge is 0.462 e. The van der Waals surface area contributed by atoms with Gasteiger partial charge in [-0.2, -0.15) is 0 Å². The van der Waals surface area contributed by atoms with Crippen molar-refractivity contribution < 1.29 is 19.4 Å². The molecule has 0 N–H and O–H groups in total. The number of nitro benzene ring substituents is 2. The molecular formula is C9H7ClN2O6. The first-order chi connectivity index (χ1) is 8.38. The van der Waals surface area contributed by atoms with Crippen LogP contribution in [0.15, 0.2) is 12.1 Å². The summed E-state index contributed by atoms with van der Waals surface area (Å²) < 4.78 is 4.61. The van der Waals surface area contributed by atoms with Crippen molar-refractivity contribution in [3.8, 4) is 0 Å². The van der Waals surface area contributed by atoms with Crippen molar-refractivity contribution in [2.45, 2.75) is 6.92 Å². The highest BCUT2D eigenvalue weighted by atomic mass is 35.5. The zero-order valence-electron chi connectivity index (χ0n) is 9.08. The lowest BCUT2D eigenvalue weighted by atomic mass is 10.1. The molecule has 0 spiro atoms. The molecule has 1 aromatic carbocycles. The van der Waals surface area contributed by atoms with E-state index in [1.807, 2.05) is 0 Å². The van der Waals surface area contributed by atoms with Crippen molar-refractivity contribution in [2.75, 3.05) is 6.61 Å². The van der Waals surface area contributed by atoms with Gasteiger partial charge in [-0.15, -0.1) is 0 Å². The topological polar surface area (TPSA) is 113 Å². The molecule has 0 heterocycles. The van der Waals surface area contributed by atoms with E-state index < -0.39 is 37.8 Å². The molecular weight excluding hydrogens is 268 g/mol. The fourth-order valence-corrected chi connectivity index (χ4v) is 1.45. The smallest absolute Gasteiger partial charge is 0.340 e. The number of carbonyl (C=O) groups excluding carboxylic acids is 1. The Kier molecular flexibility index (Phi) is 4.16. The highest BCUT2D eigenvalue weighted by Crippen LogP contribution is 2.33. The second kappa shape index (κ2) is 5.41. The Morgan fingerprint density at radius 3 is 2.39 bits per heavy atom. The number of hydrogen-bond donors (Lipinski definition) is 0. The standard InChI is InChI=1S/C9H7ClN2O6/c1-2-18-9(13)6-3-5(11(14)15)4-7(8(6)10)12(16)17/h3-4H,2H2,1H3. The van der Waals surface area contributed by atoms with Crippen LogP contribution < -0.4 is 0 Å². The van der Waals surface area contributed by atoms with E-state index in [2.05, 4.69) is 4.74 Å². The summed E-state index contributed by atoms with van der Waals surface area (Å²) in [4.78, 5) is 31.0. The van der Waals surface area contributed by atoms with E-state index in [0.29, 0.717) is 6.07 Å². The number of halogens is 1. The molecule has 0 amide bonds. The lowest BCUT2D eigenvalue weighted by Gasteiger charge is -2.04. The molecule has 0 bridgehead atoms. The summed E-state index contributed by atoms with van der Waals surface area (Å²) in [6, 6.07) is 1.53. The van der Waals surface area contributed by atoms with Crippen LogP contribution in [0.25, 0.3) is 0 Å². The minimum Gasteiger partial charge on any atom is -0.462 e. The number of ether oxygens (including phenoxy) is 1. The van der Waals surface area contributed by atoms with Gasteiger partial charge in [-0.05, 0) is 6.92 Å². The van der Waals surface area contributed by atoms with Crippen LogP contribution in [0.3, 0.4) is 0 Å². The normalized spacial score (nSPS) is 9.89. The zero-order chi connectivity index (χ0) is 13.9. The first-order valence-corrected chi connectivity index (χ1v) is 5.05. The summed E-state index contributed by atoms with van der Waals surface area (Å²) in [5.74, 6) is -0.950. The van der Waals surface area contributed by atoms with Crippen molar-refractivity contribution >= 4 is 28.9 Å². The van der Waals surface area contributed by atoms with Gasteiger partial charge in [-0.25, -0.2) is 4.79 Å². The number of esters is 1. The van der Waals surface area contributed by atoms with Gasteiger partial charge in [0, 0.05) is 6.07 Å². The minimum atomic E-state index is -0.950. The van der Waals surface area contributed by atoms with Gasteiger partial charge in [0.25, 0.3) is 11.4 Å². The first-order valence-electron chi connectivity index (χ1n) is 4.68. The van der Waals surface area contributed by atoms with Gasteiger partial charge in [0.2, 0.25) is 0 Å². The molecule has 0 aliphatic rings. The summed E-state index contributed by atoms with van der Waals surface area (Å²) in [6.45, 7) is 1.54. The van der Waals surface area contributed by atoms with E-state index in [0.717, 1.165) is 6.07 Å². The molecule has 0 aliphatic heterocycles. The monoisotopic (exact) mass is 274 g/mol. The summed E-state index contributed by atoms with van der Waals surface area (Å²) >= 11 is 5.65. The maximum absolute atomic E-state index is 11.5. The molecule has 0 fully saturated rings. The molecule has 96 valence electrons. The number of carbonyl (C=O) groups is 1. The third-order valence-electron chi connectivity index (χ3n) is 1.94. The number of nitro groups is 2. The van der Waals surface area contributed by atoms with Gasteiger partial charge in [0.15, 0.2) is 0 Å². The quantitative estimate of drug-likeness (QED) is 0.473. The van der Waals surface area contributed by atoms with Crippen molar-refractivity contribution in [1.29, 1.82) is 0 Å². The molecule has 9 heteroatoms. The van der Waals surface area contributed by atoms with Gasteiger partial charge < -0.3 is 4.74 Å². The number of rotatable bonds is 4. The molecule has 0 unspecified atom stereocenters. The zero-order valence-corrected chi connectivity index (χ0v) is 9.84. The molecule has 1 rings (SSSR count). The summed E-state index contributed by atoms with van der Waals surface area (Å²) in [5.41, 5.74) is -1.72. The lowest BCUT2D eigenvalue weighted by molar-refractivity contribution is -0.394. The summed E-state index contributed by atoms with van der Waals surface area (Å²) in [7, 11) is 0. The number of benzene rings is 1. The second-order valence-electron chi connectivity index (χ2n) is 3.06. The highest BCUT2D eigenvalue weighted by Gasteiger charge is 2.26. The van der Waals surface area contributed by atoms with Crippen molar-refractivity contribution in [3.63, 3.8) is 0 Å². The van der Waals surface area contributed by atoms with E-state index in [4.69, 9.17) is 11.6 Å². The minimum absolute atomic E-state index is 0.0195. The van der Waals surface area contributed by atoms with Gasteiger partial charge in [-0.1, -0.05) is 11.6 Å². The average Bonchev–Trinajstić information content (AvgIpc) is 2.28. The van der Waals surface area contributed by atoms with Crippen LogP contribution in [0.5, 0.6) is 0 Å². The Labute approximate surface area is 105 Å². The highest BCUT2D eigenvalue weighted by molar-refractivity contribution is 6.35. The Hall–Kier alpha value is -2.22. The molecule has 0 atom stereocenters. The van der Waals surface area contributed by atoms with E-state index in [1.54, 1.807) is 0 Å². The Morgan fingerprint density at radius 1 is 1.33 bits per heavy atom. The third kappa shape index (κ3) is 2.72. The van der Waals surface area contributed by atoms with E-state index in [9.17, 15) is 25.0 Å². The third-order valence-corrected chi connectivity index (χ3v) is 2.34. The van der Waals surface area contributed by atoms with E-state index >= 15 is 0 Å². The predicted molar refractivity (Wildman–Crippen MR) is 60.7 cm³/mol. The molecule has 0 saturated heterocycles. The Balaban J connectivity index is 3.45. The SMILES string of the molecule is CCOC(=O)c1cc([N+](=O)[O-])cc([N+](=O)[O-])c1Cl. The summed E-state index contributed by atoms with van der Waals surface area (Å²) in [6.07, 6.45) is 0.